The van der Waals surface area contributed by atoms with Crippen LogP contribution >= 0.6 is 11.8 Å². The second-order valence-corrected chi connectivity index (χ2v) is 4.37. The molecule has 6 nitrogen and oxygen atoms in total. The number of H-pyrrole nitrogens is 1. The van der Waals surface area contributed by atoms with Crippen LogP contribution in [0.15, 0.2) is 29.2 Å². The summed E-state index contributed by atoms with van der Waals surface area (Å²) in [5, 5.41) is 16.4. The maximum atomic E-state index is 10.9. The van der Waals surface area contributed by atoms with Crippen LogP contribution in [-0.2, 0) is 10.5 Å². The number of benzene rings is 1. The monoisotopic (exact) mass is 249 g/mol. The fourth-order valence-corrected chi connectivity index (χ4v) is 2.06. The highest BCUT2D eigenvalue weighted by Crippen LogP contribution is 2.23. The zero-order valence-corrected chi connectivity index (χ0v) is 9.99. The molecule has 0 saturated carbocycles. The molecular weight excluding hydrogens is 238 g/mol. The van der Waals surface area contributed by atoms with E-state index in [9.17, 15) is 4.79 Å². The fourth-order valence-electron chi connectivity index (χ4n) is 1.26. The highest BCUT2D eigenvalue weighted by atomic mass is 32.2. The van der Waals surface area contributed by atoms with Gasteiger partial charge in [-0.05, 0) is 18.2 Å². The van der Waals surface area contributed by atoms with E-state index < -0.39 is 0 Å². The molecule has 1 aromatic carbocycles. The number of amides is 1. The van der Waals surface area contributed by atoms with Crippen molar-refractivity contribution in [3.63, 3.8) is 0 Å². The number of hydrogen-bond donors (Lipinski definition) is 2. The molecule has 7 heteroatoms. The van der Waals surface area contributed by atoms with Crippen molar-refractivity contribution in [1.82, 2.24) is 20.6 Å². The molecule has 0 radical (unpaired) electrons. The number of nitrogens with one attached hydrogen (secondary N) is 2. The zero-order chi connectivity index (χ0) is 12.1. The number of rotatable bonds is 4. The minimum absolute atomic E-state index is 0.0784. The molecule has 0 atom stereocenters. The van der Waals surface area contributed by atoms with Gasteiger partial charge >= 0.3 is 0 Å². The third-order valence-electron chi connectivity index (χ3n) is 1.91. The Labute approximate surface area is 102 Å². The number of carbonyl (C=O) groups excluding carboxylic acids is 1. The van der Waals surface area contributed by atoms with Crippen molar-refractivity contribution in [1.29, 1.82) is 0 Å². The Morgan fingerprint density at radius 3 is 3.12 bits per heavy atom. The van der Waals surface area contributed by atoms with E-state index in [2.05, 4.69) is 25.9 Å². The standard InChI is InChI=1S/C10H11N5OS/c1-7(16)11-8-3-2-4-9(5-8)17-6-10-12-14-15-13-10/h2-5H,6H2,1H3,(H,11,16)(H,12,13,14,15). The molecule has 0 aliphatic carbocycles. The molecular formula is C10H11N5OS. The van der Waals surface area contributed by atoms with E-state index >= 15 is 0 Å². The van der Waals surface area contributed by atoms with E-state index in [1.54, 1.807) is 11.8 Å². The van der Waals surface area contributed by atoms with Crippen LogP contribution in [0.3, 0.4) is 0 Å². The van der Waals surface area contributed by atoms with E-state index in [-0.39, 0.29) is 5.91 Å². The minimum Gasteiger partial charge on any atom is -0.326 e. The van der Waals surface area contributed by atoms with Gasteiger partial charge in [-0.1, -0.05) is 11.3 Å². The van der Waals surface area contributed by atoms with Gasteiger partial charge in [0.05, 0.1) is 5.75 Å². The van der Waals surface area contributed by atoms with E-state index in [1.807, 2.05) is 24.3 Å². The third kappa shape index (κ3) is 3.56. The van der Waals surface area contributed by atoms with Crippen LogP contribution in [0.2, 0.25) is 0 Å². The Morgan fingerprint density at radius 2 is 2.41 bits per heavy atom. The number of anilines is 1. The number of thioether (sulfide) groups is 1. The summed E-state index contributed by atoms with van der Waals surface area (Å²) < 4.78 is 0. The Morgan fingerprint density at radius 1 is 1.53 bits per heavy atom. The predicted octanol–water partition coefficient (Wildman–Crippen LogP) is 1.45. The van der Waals surface area contributed by atoms with Gasteiger partial charge in [0.2, 0.25) is 5.91 Å². The quantitative estimate of drug-likeness (QED) is 0.801. The van der Waals surface area contributed by atoms with E-state index in [0.29, 0.717) is 11.6 Å². The fraction of sp³-hybridized carbons (Fsp3) is 0.200. The molecule has 17 heavy (non-hydrogen) atoms. The van der Waals surface area contributed by atoms with Crippen LogP contribution in [0.5, 0.6) is 0 Å². The van der Waals surface area contributed by atoms with Gasteiger partial charge in [-0.15, -0.1) is 22.0 Å². The van der Waals surface area contributed by atoms with E-state index in [4.69, 9.17) is 0 Å². The van der Waals surface area contributed by atoms with Crippen LogP contribution in [0, 0.1) is 0 Å². The average molecular weight is 249 g/mol. The van der Waals surface area contributed by atoms with Crippen molar-refractivity contribution in [2.75, 3.05) is 5.32 Å². The first-order chi connectivity index (χ1) is 8.24. The number of aromatic amines is 1. The third-order valence-corrected chi connectivity index (χ3v) is 2.90. The maximum Gasteiger partial charge on any atom is 0.221 e. The minimum atomic E-state index is -0.0784. The molecule has 0 aliphatic rings. The summed E-state index contributed by atoms with van der Waals surface area (Å²) in [5.74, 6) is 1.21. The Bertz CT molecular complexity index is 499. The first kappa shape index (κ1) is 11.6. The average Bonchev–Trinajstić information content (AvgIpc) is 2.79. The zero-order valence-electron chi connectivity index (χ0n) is 9.17. The topological polar surface area (TPSA) is 83.6 Å². The van der Waals surface area contributed by atoms with Crippen molar-refractivity contribution in [2.45, 2.75) is 17.6 Å². The Kier molecular flexibility index (Phi) is 3.71. The number of carbonyl (C=O) groups is 1. The van der Waals surface area contributed by atoms with Gasteiger partial charge in [0.25, 0.3) is 0 Å². The van der Waals surface area contributed by atoms with Crippen LogP contribution in [-0.4, -0.2) is 26.5 Å². The summed E-state index contributed by atoms with van der Waals surface area (Å²) in [5.41, 5.74) is 0.788. The lowest BCUT2D eigenvalue weighted by molar-refractivity contribution is -0.114. The van der Waals surface area contributed by atoms with Crippen molar-refractivity contribution in [2.24, 2.45) is 0 Å². The second-order valence-electron chi connectivity index (χ2n) is 3.33. The van der Waals surface area contributed by atoms with Gasteiger partial charge in [0.1, 0.15) is 0 Å². The molecule has 0 fully saturated rings. The van der Waals surface area contributed by atoms with Crippen LogP contribution in [0.4, 0.5) is 5.69 Å². The van der Waals surface area contributed by atoms with Crippen molar-refractivity contribution in [3.05, 3.63) is 30.1 Å². The molecule has 0 unspecified atom stereocenters. The first-order valence-electron chi connectivity index (χ1n) is 4.97. The van der Waals surface area contributed by atoms with E-state index in [0.717, 1.165) is 10.6 Å². The van der Waals surface area contributed by atoms with Gasteiger partial charge in [-0.3, -0.25) is 4.79 Å². The SMILES string of the molecule is CC(=O)Nc1cccc(SCc2nn[nH]n2)c1. The molecule has 0 spiro atoms. The molecule has 0 aliphatic heterocycles. The van der Waals surface area contributed by atoms with Gasteiger partial charge in [-0.2, -0.15) is 5.21 Å². The summed E-state index contributed by atoms with van der Waals surface area (Å²) in [6.45, 7) is 1.49. The van der Waals surface area contributed by atoms with Gasteiger partial charge in [0.15, 0.2) is 5.82 Å². The Hall–Kier alpha value is -1.89. The smallest absolute Gasteiger partial charge is 0.221 e. The lowest BCUT2D eigenvalue weighted by Crippen LogP contribution is -2.05. The highest BCUT2D eigenvalue weighted by Gasteiger charge is 2.02. The summed E-state index contributed by atoms with van der Waals surface area (Å²) >= 11 is 1.58. The molecule has 2 aromatic rings. The van der Waals surface area contributed by atoms with Crippen molar-refractivity contribution < 1.29 is 4.79 Å². The molecule has 2 rings (SSSR count). The summed E-state index contributed by atoms with van der Waals surface area (Å²) in [7, 11) is 0. The van der Waals surface area contributed by atoms with E-state index in [1.165, 1.54) is 6.92 Å². The summed E-state index contributed by atoms with van der Waals surface area (Å²) in [4.78, 5) is 12.0. The van der Waals surface area contributed by atoms with Crippen LogP contribution < -0.4 is 5.32 Å². The molecule has 2 N–H and O–H groups in total. The summed E-state index contributed by atoms with van der Waals surface area (Å²) in [6, 6.07) is 7.62. The molecule has 1 aromatic heterocycles. The van der Waals surface area contributed by atoms with Crippen molar-refractivity contribution in [3.8, 4) is 0 Å². The predicted molar refractivity (Wildman–Crippen MR) is 64.5 cm³/mol. The molecule has 88 valence electrons. The molecule has 1 amide bonds. The number of aromatic nitrogens is 4. The second kappa shape index (κ2) is 5.44. The lowest BCUT2D eigenvalue weighted by Gasteiger charge is -2.04. The number of nitrogens with zero attached hydrogens (tertiary/aromatic N) is 3. The Balaban J connectivity index is 1.98. The lowest BCUT2D eigenvalue weighted by atomic mass is 10.3. The number of hydrogen-bond acceptors (Lipinski definition) is 5. The normalized spacial score (nSPS) is 10.2. The van der Waals surface area contributed by atoms with Gasteiger partial charge < -0.3 is 5.32 Å². The van der Waals surface area contributed by atoms with Gasteiger partial charge in [0, 0.05) is 17.5 Å². The molecule has 0 saturated heterocycles. The van der Waals surface area contributed by atoms with Gasteiger partial charge in [-0.25, -0.2) is 0 Å². The highest BCUT2D eigenvalue weighted by molar-refractivity contribution is 7.98. The molecule has 1 heterocycles. The maximum absolute atomic E-state index is 10.9. The van der Waals surface area contributed by atoms with Crippen LogP contribution in [0.1, 0.15) is 12.7 Å². The largest absolute Gasteiger partial charge is 0.326 e. The van der Waals surface area contributed by atoms with Crippen LogP contribution in [0.25, 0.3) is 0 Å². The first-order valence-corrected chi connectivity index (χ1v) is 5.95. The van der Waals surface area contributed by atoms with Crippen molar-refractivity contribution >= 4 is 23.4 Å². The summed E-state index contributed by atoms with van der Waals surface area (Å²) in [6.07, 6.45) is 0. The molecule has 0 bridgehead atoms. The number of tetrazole rings is 1.